The van der Waals surface area contributed by atoms with Crippen LogP contribution in [0.5, 0.6) is 0 Å². The maximum absolute atomic E-state index is 14.9. The van der Waals surface area contributed by atoms with E-state index < -0.39 is 10.5 Å². The van der Waals surface area contributed by atoms with Crippen LogP contribution in [0.1, 0.15) is 11.1 Å². The molecule has 0 aliphatic carbocycles. The first-order chi connectivity index (χ1) is 8.67. The van der Waals surface area contributed by atoms with Crippen molar-refractivity contribution < 1.29 is 8.87 Å². The lowest BCUT2D eigenvalue weighted by molar-refractivity contribution is 0.0899. The van der Waals surface area contributed by atoms with Gasteiger partial charge >= 0.3 is 0 Å². The molecule has 18 heavy (non-hydrogen) atoms. The van der Waals surface area contributed by atoms with Crippen molar-refractivity contribution in [2.24, 2.45) is 0 Å². The van der Waals surface area contributed by atoms with E-state index >= 15 is 0 Å². The third-order valence-electron chi connectivity index (χ3n) is 3.14. The third kappa shape index (κ3) is 1.83. The Morgan fingerprint density at radius 1 is 1.00 bits per heavy atom. The molecule has 0 saturated heterocycles. The number of nitrogens with zero attached hydrogens (tertiary/aromatic N) is 1. The van der Waals surface area contributed by atoms with Crippen molar-refractivity contribution in [1.82, 2.24) is 4.71 Å². The predicted molar refractivity (Wildman–Crippen MR) is 68.5 cm³/mol. The molecule has 3 rings (SSSR count). The molecule has 2 aromatic rings. The molecule has 0 spiro atoms. The van der Waals surface area contributed by atoms with E-state index in [1.165, 1.54) is 18.3 Å². The summed E-state index contributed by atoms with van der Waals surface area (Å²) in [6.07, 6.45) is 3.15. The van der Waals surface area contributed by atoms with Crippen LogP contribution in [0.2, 0.25) is 0 Å². The predicted octanol–water partition coefficient (Wildman–Crippen LogP) is 4.20. The van der Waals surface area contributed by atoms with Crippen LogP contribution in [-0.2, 0) is 6.54 Å². The molecule has 1 unspecified atom stereocenters. The number of halogens is 2. The van der Waals surface area contributed by atoms with Crippen LogP contribution in [0.4, 0.5) is 14.6 Å². The van der Waals surface area contributed by atoms with Gasteiger partial charge in [-0.05, 0) is 12.1 Å². The van der Waals surface area contributed by atoms with Crippen LogP contribution < -0.4 is 4.71 Å². The van der Waals surface area contributed by atoms with Crippen molar-refractivity contribution in [3.63, 3.8) is 0 Å². The Morgan fingerprint density at radius 3 is 2.56 bits per heavy atom. The van der Waals surface area contributed by atoms with Crippen LogP contribution >= 0.6 is 0 Å². The first-order valence-electron chi connectivity index (χ1n) is 5.78. The highest BCUT2D eigenvalue weighted by molar-refractivity contribution is 5.72. The van der Waals surface area contributed by atoms with Crippen molar-refractivity contribution in [2.75, 3.05) is 0 Å². The minimum Gasteiger partial charge on any atom is -0.207 e. The molecule has 1 aliphatic heterocycles. The Labute approximate surface area is 104 Å². The maximum atomic E-state index is 14.9. The molecular formula is C15H12F2N+. The highest BCUT2D eigenvalue weighted by Gasteiger charge is 2.37. The zero-order valence-corrected chi connectivity index (χ0v) is 9.68. The molecule has 0 saturated carbocycles. The molecule has 0 radical (unpaired) electrons. The van der Waals surface area contributed by atoms with E-state index in [2.05, 4.69) is 0 Å². The van der Waals surface area contributed by atoms with E-state index in [0.29, 0.717) is 5.69 Å². The summed E-state index contributed by atoms with van der Waals surface area (Å²) < 4.78 is 27.2. The number of fused-ring (bicyclic) bond motifs is 1. The Kier molecular flexibility index (Phi) is 2.49. The molecule has 1 aliphatic rings. The lowest BCUT2D eigenvalue weighted by Crippen LogP contribution is -2.31. The van der Waals surface area contributed by atoms with E-state index in [1.54, 1.807) is 12.1 Å². The molecule has 0 aromatic heterocycles. The SMILES string of the molecule is Fc1ccc2c(c1)[N+](F)(Cc1ccccc1)C=C2. The molecule has 0 bridgehead atoms. The van der Waals surface area contributed by atoms with Gasteiger partial charge in [-0.3, -0.25) is 0 Å². The van der Waals surface area contributed by atoms with Crippen molar-refractivity contribution in [3.05, 3.63) is 71.7 Å². The lowest BCUT2D eigenvalue weighted by Gasteiger charge is -2.19. The van der Waals surface area contributed by atoms with Gasteiger partial charge in [0.15, 0.2) is 12.2 Å². The number of benzene rings is 2. The second kappa shape index (κ2) is 4.03. The van der Waals surface area contributed by atoms with Crippen LogP contribution in [0.25, 0.3) is 6.08 Å². The Morgan fingerprint density at radius 2 is 1.78 bits per heavy atom. The van der Waals surface area contributed by atoms with Gasteiger partial charge < -0.3 is 0 Å². The van der Waals surface area contributed by atoms with Crippen molar-refractivity contribution in [2.45, 2.75) is 6.54 Å². The first kappa shape index (κ1) is 11.1. The second-order valence-electron chi connectivity index (χ2n) is 4.43. The van der Waals surface area contributed by atoms with E-state index in [-0.39, 0.29) is 6.54 Å². The van der Waals surface area contributed by atoms with Gasteiger partial charge in [0.25, 0.3) is 0 Å². The average Bonchev–Trinajstić information content (AvgIpc) is 2.68. The highest BCUT2D eigenvalue weighted by Crippen LogP contribution is 2.38. The zero-order chi connectivity index (χ0) is 12.6. The topological polar surface area (TPSA) is 0 Å². The Bertz CT molecular complexity index is 607. The first-order valence-corrected chi connectivity index (χ1v) is 5.78. The van der Waals surface area contributed by atoms with Crippen LogP contribution in [0.15, 0.2) is 54.7 Å². The van der Waals surface area contributed by atoms with Gasteiger partial charge in [-0.2, -0.15) is 0 Å². The summed E-state index contributed by atoms with van der Waals surface area (Å²) in [6.45, 7) is 0.174. The van der Waals surface area contributed by atoms with Crippen LogP contribution in [0.3, 0.4) is 0 Å². The average molecular weight is 244 g/mol. The molecule has 1 heterocycles. The Hall–Kier alpha value is -2.00. The van der Waals surface area contributed by atoms with E-state index in [0.717, 1.165) is 11.1 Å². The molecule has 3 heteroatoms. The monoisotopic (exact) mass is 244 g/mol. The third-order valence-corrected chi connectivity index (χ3v) is 3.14. The summed E-state index contributed by atoms with van der Waals surface area (Å²) in [5.41, 5.74) is 1.97. The molecule has 0 N–H and O–H groups in total. The zero-order valence-electron chi connectivity index (χ0n) is 9.68. The second-order valence-corrected chi connectivity index (χ2v) is 4.43. The summed E-state index contributed by atoms with van der Waals surface area (Å²) in [4.78, 5) is 0. The van der Waals surface area contributed by atoms with Crippen LogP contribution in [-0.4, -0.2) is 0 Å². The number of hydrogen-bond acceptors (Lipinski definition) is 0. The molecular weight excluding hydrogens is 232 g/mol. The fourth-order valence-corrected chi connectivity index (χ4v) is 2.25. The van der Waals surface area contributed by atoms with Crippen molar-refractivity contribution >= 4 is 11.8 Å². The van der Waals surface area contributed by atoms with Gasteiger partial charge in [0.05, 0.1) is 0 Å². The van der Waals surface area contributed by atoms with Gasteiger partial charge in [-0.1, -0.05) is 35.0 Å². The quantitative estimate of drug-likeness (QED) is 0.694. The van der Waals surface area contributed by atoms with Gasteiger partial charge in [-0.25, -0.2) is 4.39 Å². The molecule has 1 atom stereocenters. The lowest BCUT2D eigenvalue weighted by atomic mass is 10.1. The van der Waals surface area contributed by atoms with Gasteiger partial charge in [0.1, 0.15) is 12.0 Å². The standard InChI is InChI=1S/C15H12F2N/c16-14-7-6-13-8-9-18(17,15(13)10-14)11-12-4-2-1-3-5-12/h1-10H,11H2/q+1. The number of hydrogen-bond donors (Lipinski definition) is 0. The number of rotatable bonds is 2. The molecule has 2 aromatic carbocycles. The van der Waals surface area contributed by atoms with Gasteiger partial charge in [0.2, 0.25) is 0 Å². The van der Waals surface area contributed by atoms with Gasteiger partial charge in [-0.15, -0.1) is 0 Å². The molecule has 0 amide bonds. The van der Waals surface area contributed by atoms with Crippen LogP contribution in [0, 0.1) is 5.82 Å². The maximum Gasteiger partial charge on any atom is 0.186 e. The smallest absolute Gasteiger partial charge is 0.186 e. The van der Waals surface area contributed by atoms with E-state index in [1.807, 2.05) is 30.3 Å². The normalized spacial score (nSPS) is 21.0. The highest BCUT2D eigenvalue weighted by atomic mass is 19.2. The fraction of sp³-hybridized carbons (Fsp3) is 0.0667. The fourth-order valence-electron chi connectivity index (χ4n) is 2.25. The minimum absolute atomic E-state index is 0.174. The Balaban J connectivity index is 1.99. The summed E-state index contributed by atoms with van der Waals surface area (Å²) >= 11 is 0. The summed E-state index contributed by atoms with van der Waals surface area (Å²) in [5.74, 6) is -0.411. The summed E-state index contributed by atoms with van der Waals surface area (Å²) in [6, 6.07) is 13.6. The summed E-state index contributed by atoms with van der Waals surface area (Å²) in [5, 5.41) is 0. The minimum atomic E-state index is -0.878. The molecule has 1 nitrogen and oxygen atoms in total. The van der Waals surface area contributed by atoms with Crippen molar-refractivity contribution in [1.29, 1.82) is 0 Å². The number of quaternary nitrogens is 1. The van der Waals surface area contributed by atoms with E-state index in [4.69, 9.17) is 0 Å². The summed E-state index contributed by atoms with van der Waals surface area (Å²) in [7, 11) is 0. The molecule has 0 fully saturated rings. The molecule has 90 valence electrons. The van der Waals surface area contributed by atoms with E-state index in [9.17, 15) is 8.87 Å². The largest absolute Gasteiger partial charge is 0.207 e. The van der Waals surface area contributed by atoms with Gasteiger partial charge in [0, 0.05) is 27.8 Å². The van der Waals surface area contributed by atoms with Crippen molar-refractivity contribution in [3.8, 4) is 0 Å².